The first-order valence-corrected chi connectivity index (χ1v) is 7.36. The van der Waals surface area contributed by atoms with Gasteiger partial charge in [-0.25, -0.2) is 0 Å². The molecular weight excluding hydrogens is 316 g/mol. The average Bonchev–Trinajstić information content (AvgIpc) is 2.48. The van der Waals surface area contributed by atoms with Crippen LogP contribution in [0.1, 0.15) is 17.5 Å². The zero-order valence-corrected chi connectivity index (χ0v) is 13.0. The number of hydrogen-bond donors (Lipinski definition) is 0. The molecule has 0 aromatic heterocycles. The third-order valence-corrected chi connectivity index (χ3v) is 3.69. The Kier molecular flexibility index (Phi) is 5.36. The summed E-state index contributed by atoms with van der Waals surface area (Å²) in [6, 6.07) is 15.8. The van der Waals surface area contributed by atoms with Gasteiger partial charge in [-0.15, -0.1) is 0 Å². The molecule has 2 rings (SSSR count). The Morgan fingerprint density at radius 2 is 1.60 bits per heavy atom. The Morgan fingerprint density at radius 3 is 2.20 bits per heavy atom. The van der Waals surface area contributed by atoms with Crippen LogP contribution in [0.4, 0.5) is 0 Å². The molecule has 0 unspecified atom stereocenters. The van der Waals surface area contributed by atoms with Crippen LogP contribution < -0.4 is 4.74 Å². The van der Waals surface area contributed by atoms with Crippen molar-refractivity contribution in [3.63, 3.8) is 0 Å². The van der Waals surface area contributed by atoms with Gasteiger partial charge in [0.15, 0.2) is 0 Å². The molecular formula is C17H17BrO2. The summed E-state index contributed by atoms with van der Waals surface area (Å²) < 4.78 is 6.15. The Bertz CT molecular complexity index is 559. The van der Waals surface area contributed by atoms with E-state index >= 15 is 0 Å². The molecule has 2 aromatic carbocycles. The molecule has 0 atom stereocenters. The maximum Gasteiger partial charge on any atom is 0.137 e. The molecule has 0 aliphatic heterocycles. The monoisotopic (exact) mass is 332 g/mol. The predicted octanol–water partition coefficient (Wildman–Crippen LogP) is 4.20. The molecule has 0 saturated heterocycles. The van der Waals surface area contributed by atoms with Crippen molar-refractivity contribution in [2.45, 2.75) is 19.3 Å². The quantitative estimate of drug-likeness (QED) is 0.792. The molecule has 0 bridgehead atoms. The minimum Gasteiger partial charge on any atom is -0.497 e. The predicted molar refractivity (Wildman–Crippen MR) is 84.2 cm³/mol. The average molecular weight is 333 g/mol. The maximum absolute atomic E-state index is 12.0. The van der Waals surface area contributed by atoms with Gasteiger partial charge in [0.05, 0.1) is 7.11 Å². The molecule has 0 N–H and O–H groups in total. The molecule has 0 saturated carbocycles. The standard InChI is InChI=1S/C17H17BrO2/c1-20-17-10-5-13(6-11-17)4-9-16(19)12-14-2-7-15(18)8-3-14/h2-3,5-8,10-11H,4,9,12H2,1H3. The number of benzene rings is 2. The summed E-state index contributed by atoms with van der Waals surface area (Å²) in [6.45, 7) is 0. The zero-order valence-electron chi connectivity index (χ0n) is 11.4. The van der Waals surface area contributed by atoms with Crippen molar-refractivity contribution in [1.82, 2.24) is 0 Å². The number of aryl methyl sites for hydroxylation is 1. The number of carbonyl (C=O) groups excluding carboxylic acids is 1. The number of ether oxygens (including phenoxy) is 1. The largest absolute Gasteiger partial charge is 0.497 e. The van der Waals surface area contributed by atoms with E-state index in [2.05, 4.69) is 15.9 Å². The molecule has 2 aromatic rings. The van der Waals surface area contributed by atoms with E-state index in [4.69, 9.17) is 4.74 Å². The molecule has 0 radical (unpaired) electrons. The number of hydrogen-bond acceptors (Lipinski definition) is 2. The van der Waals surface area contributed by atoms with Gasteiger partial charge in [-0.1, -0.05) is 40.2 Å². The summed E-state index contributed by atoms with van der Waals surface area (Å²) in [5.74, 6) is 1.11. The third-order valence-electron chi connectivity index (χ3n) is 3.17. The zero-order chi connectivity index (χ0) is 14.4. The summed E-state index contributed by atoms with van der Waals surface area (Å²) in [5.41, 5.74) is 2.22. The summed E-state index contributed by atoms with van der Waals surface area (Å²) in [6.07, 6.45) is 1.85. The van der Waals surface area contributed by atoms with Gasteiger partial charge in [0.2, 0.25) is 0 Å². The second-order valence-corrected chi connectivity index (χ2v) is 5.61. The first-order valence-electron chi connectivity index (χ1n) is 6.56. The topological polar surface area (TPSA) is 26.3 Å². The highest BCUT2D eigenvalue weighted by Crippen LogP contribution is 2.14. The van der Waals surface area contributed by atoms with Gasteiger partial charge in [0, 0.05) is 17.3 Å². The van der Waals surface area contributed by atoms with E-state index < -0.39 is 0 Å². The van der Waals surface area contributed by atoms with E-state index in [1.165, 1.54) is 0 Å². The van der Waals surface area contributed by atoms with Crippen molar-refractivity contribution in [2.24, 2.45) is 0 Å². The summed E-state index contributed by atoms with van der Waals surface area (Å²) >= 11 is 3.39. The fourth-order valence-electron chi connectivity index (χ4n) is 1.99. The SMILES string of the molecule is COc1ccc(CCC(=O)Cc2ccc(Br)cc2)cc1. The van der Waals surface area contributed by atoms with Crippen LogP contribution >= 0.6 is 15.9 Å². The second kappa shape index (κ2) is 7.25. The van der Waals surface area contributed by atoms with Crippen molar-refractivity contribution in [3.05, 3.63) is 64.1 Å². The lowest BCUT2D eigenvalue weighted by molar-refractivity contribution is -0.118. The van der Waals surface area contributed by atoms with E-state index in [1.54, 1.807) is 7.11 Å². The van der Waals surface area contributed by atoms with E-state index in [0.717, 1.165) is 27.8 Å². The molecule has 3 heteroatoms. The van der Waals surface area contributed by atoms with Crippen molar-refractivity contribution in [3.8, 4) is 5.75 Å². The molecule has 20 heavy (non-hydrogen) atoms. The Morgan fingerprint density at radius 1 is 1.00 bits per heavy atom. The Labute approximate surface area is 127 Å². The number of rotatable bonds is 6. The minimum absolute atomic E-state index is 0.267. The molecule has 104 valence electrons. The number of halogens is 1. The second-order valence-electron chi connectivity index (χ2n) is 4.69. The first kappa shape index (κ1) is 14.8. The van der Waals surface area contributed by atoms with E-state index in [1.807, 2.05) is 48.5 Å². The normalized spacial score (nSPS) is 10.3. The van der Waals surface area contributed by atoms with Crippen LogP contribution in [0.2, 0.25) is 0 Å². The number of ketones is 1. The molecule has 2 nitrogen and oxygen atoms in total. The van der Waals surface area contributed by atoms with Gasteiger partial charge in [-0.05, 0) is 41.8 Å². The van der Waals surface area contributed by atoms with Gasteiger partial charge >= 0.3 is 0 Å². The molecule has 0 aliphatic carbocycles. The number of methoxy groups -OCH3 is 1. The highest BCUT2D eigenvalue weighted by atomic mass is 79.9. The number of Topliss-reactive ketones (excluding diaryl/α,β-unsaturated/α-hetero) is 1. The summed E-state index contributed by atoms with van der Waals surface area (Å²) in [7, 11) is 1.65. The number of carbonyl (C=O) groups is 1. The van der Waals surface area contributed by atoms with Crippen molar-refractivity contribution in [1.29, 1.82) is 0 Å². The molecule has 0 amide bonds. The summed E-state index contributed by atoms with van der Waals surface area (Å²) in [4.78, 5) is 12.0. The smallest absolute Gasteiger partial charge is 0.137 e. The Hall–Kier alpha value is -1.61. The first-order chi connectivity index (χ1) is 9.67. The van der Waals surface area contributed by atoms with Crippen LogP contribution in [0.15, 0.2) is 53.0 Å². The fraction of sp³-hybridized carbons (Fsp3) is 0.235. The lowest BCUT2D eigenvalue weighted by Crippen LogP contribution is -2.04. The maximum atomic E-state index is 12.0. The third kappa shape index (κ3) is 4.49. The Balaban J connectivity index is 1.83. The summed E-state index contributed by atoms with van der Waals surface area (Å²) in [5, 5.41) is 0. The van der Waals surface area contributed by atoms with Crippen molar-refractivity contribution in [2.75, 3.05) is 7.11 Å². The highest BCUT2D eigenvalue weighted by Gasteiger charge is 2.05. The van der Waals surface area contributed by atoms with E-state index in [0.29, 0.717) is 12.8 Å². The lowest BCUT2D eigenvalue weighted by atomic mass is 10.0. The molecule has 0 fully saturated rings. The van der Waals surface area contributed by atoms with Gasteiger partial charge < -0.3 is 4.74 Å². The van der Waals surface area contributed by atoms with Crippen LogP contribution in [-0.2, 0) is 17.6 Å². The van der Waals surface area contributed by atoms with Crippen LogP contribution in [-0.4, -0.2) is 12.9 Å². The van der Waals surface area contributed by atoms with E-state index in [9.17, 15) is 4.79 Å². The van der Waals surface area contributed by atoms with Crippen molar-refractivity contribution < 1.29 is 9.53 Å². The van der Waals surface area contributed by atoms with Gasteiger partial charge in [0.25, 0.3) is 0 Å². The van der Waals surface area contributed by atoms with Crippen LogP contribution in [0.25, 0.3) is 0 Å². The van der Waals surface area contributed by atoms with Gasteiger partial charge in [-0.2, -0.15) is 0 Å². The van der Waals surface area contributed by atoms with Crippen molar-refractivity contribution >= 4 is 21.7 Å². The van der Waals surface area contributed by atoms with Crippen LogP contribution in [0.3, 0.4) is 0 Å². The van der Waals surface area contributed by atoms with Crippen LogP contribution in [0, 0.1) is 0 Å². The molecule has 0 heterocycles. The minimum atomic E-state index is 0.267. The van der Waals surface area contributed by atoms with Gasteiger partial charge in [-0.3, -0.25) is 4.79 Å². The van der Waals surface area contributed by atoms with Gasteiger partial charge in [0.1, 0.15) is 11.5 Å². The molecule has 0 spiro atoms. The fourth-order valence-corrected chi connectivity index (χ4v) is 2.26. The lowest BCUT2D eigenvalue weighted by Gasteiger charge is -2.04. The highest BCUT2D eigenvalue weighted by molar-refractivity contribution is 9.10. The van der Waals surface area contributed by atoms with E-state index in [-0.39, 0.29) is 5.78 Å². The van der Waals surface area contributed by atoms with Crippen LogP contribution in [0.5, 0.6) is 5.75 Å². The molecule has 0 aliphatic rings.